The van der Waals surface area contributed by atoms with E-state index in [2.05, 4.69) is 74.3 Å². The molecule has 1 heterocycles. The van der Waals surface area contributed by atoms with E-state index in [1.165, 1.54) is 21.9 Å². The Morgan fingerprint density at radius 2 is 1.50 bits per heavy atom. The number of aryl methyl sites for hydroxylation is 1. The summed E-state index contributed by atoms with van der Waals surface area (Å²) in [6.07, 6.45) is 0. The van der Waals surface area contributed by atoms with Gasteiger partial charge in [-0.1, -0.05) is 57.2 Å². The summed E-state index contributed by atoms with van der Waals surface area (Å²) in [6.45, 7) is 13.8. The van der Waals surface area contributed by atoms with E-state index < -0.39 is 0 Å². The third-order valence-corrected chi connectivity index (χ3v) is 4.81. The molecule has 0 aromatic heterocycles. The highest BCUT2D eigenvalue weighted by Crippen LogP contribution is 2.41. The van der Waals surface area contributed by atoms with Crippen LogP contribution in [0.25, 0.3) is 10.8 Å². The molecular formula is C20H30Cl2N2. The first-order chi connectivity index (χ1) is 10.5. The van der Waals surface area contributed by atoms with E-state index in [1.54, 1.807) is 0 Å². The van der Waals surface area contributed by atoms with Crippen LogP contribution in [0.4, 0.5) is 0 Å². The minimum atomic E-state index is 0. The normalized spacial score (nSPS) is 17.0. The number of hydrogen-bond donors (Lipinski definition) is 1. The summed E-state index contributed by atoms with van der Waals surface area (Å²) in [7, 11) is 0. The molecule has 1 N–H and O–H groups in total. The van der Waals surface area contributed by atoms with Crippen LogP contribution in [0.5, 0.6) is 0 Å². The molecule has 24 heavy (non-hydrogen) atoms. The van der Waals surface area contributed by atoms with Crippen molar-refractivity contribution in [3.8, 4) is 0 Å². The van der Waals surface area contributed by atoms with Crippen LogP contribution >= 0.6 is 24.8 Å². The molecule has 0 unspecified atom stereocenters. The second kappa shape index (κ2) is 8.53. The van der Waals surface area contributed by atoms with Crippen molar-refractivity contribution in [1.29, 1.82) is 0 Å². The van der Waals surface area contributed by atoms with Crippen molar-refractivity contribution in [1.82, 2.24) is 10.2 Å². The monoisotopic (exact) mass is 368 g/mol. The van der Waals surface area contributed by atoms with E-state index in [0.717, 1.165) is 26.2 Å². The van der Waals surface area contributed by atoms with E-state index in [9.17, 15) is 0 Å². The van der Waals surface area contributed by atoms with Crippen molar-refractivity contribution < 1.29 is 0 Å². The highest BCUT2D eigenvalue weighted by molar-refractivity contribution is 5.89. The van der Waals surface area contributed by atoms with Crippen LogP contribution < -0.4 is 5.32 Å². The number of hydrogen-bond acceptors (Lipinski definition) is 2. The zero-order valence-electron chi connectivity index (χ0n) is 15.1. The molecule has 0 saturated carbocycles. The number of fused-ring (bicyclic) bond motifs is 1. The third kappa shape index (κ3) is 4.23. The Bertz CT molecular complexity index is 658. The molecule has 0 radical (unpaired) electrons. The van der Waals surface area contributed by atoms with Gasteiger partial charge >= 0.3 is 0 Å². The number of rotatable bonds is 2. The lowest BCUT2D eigenvalue weighted by molar-refractivity contribution is 0.0872. The summed E-state index contributed by atoms with van der Waals surface area (Å²) in [5, 5.41) is 6.29. The molecule has 2 aromatic carbocycles. The van der Waals surface area contributed by atoms with Gasteiger partial charge in [0.2, 0.25) is 0 Å². The van der Waals surface area contributed by atoms with Gasteiger partial charge in [0.15, 0.2) is 0 Å². The molecule has 1 aliphatic heterocycles. The Labute approximate surface area is 158 Å². The fourth-order valence-corrected chi connectivity index (χ4v) is 3.86. The Morgan fingerprint density at radius 3 is 2.08 bits per heavy atom. The highest BCUT2D eigenvalue weighted by atomic mass is 35.5. The predicted octanol–water partition coefficient (Wildman–Crippen LogP) is 4.98. The summed E-state index contributed by atoms with van der Waals surface area (Å²) in [4.78, 5) is 2.66. The average Bonchev–Trinajstić information content (AvgIpc) is 2.50. The van der Waals surface area contributed by atoms with E-state index in [1.807, 2.05) is 0 Å². The quantitative estimate of drug-likeness (QED) is 0.803. The minimum Gasteiger partial charge on any atom is -0.314 e. The van der Waals surface area contributed by atoms with E-state index in [0.29, 0.717) is 6.04 Å². The first-order valence-corrected chi connectivity index (χ1v) is 8.41. The second-order valence-electron chi connectivity index (χ2n) is 7.57. The molecule has 1 saturated heterocycles. The maximum atomic E-state index is 3.48. The largest absolute Gasteiger partial charge is 0.314 e. The maximum Gasteiger partial charge on any atom is 0.0403 e. The van der Waals surface area contributed by atoms with Gasteiger partial charge in [-0.25, -0.2) is 0 Å². The predicted molar refractivity (Wildman–Crippen MR) is 110 cm³/mol. The maximum absolute atomic E-state index is 3.48. The van der Waals surface area contributed by atoms with Crippen LogP contribution in [0, 0.1) is 12.3 Å². The van der Waals surface area contributed by atoms with E-state index in [4.69, 9.17) is 0 Å². The molecule has 0 aliphatic carbocycles. The van der Waals surface area contributed by atoms with Gasteiger partial charge in [-0.3, -0.25) is 4.90 Å². The van der Waals surface area contributed by atoms with E-state index >= 15 is 0 Å². The molecule has 134 valence electrons. The molecule has 1 atom stereocenters. The van der Waals surface area contributed by atoms with Crippen LogP contribution in [-0.4, -0.2) is 31.1 Å². The fraction of sp³-hybridized carbons (Fsp3) is 0.500. The Morgan fingerprint density at radius 1 is 0.917 bits per heavy atom. The van der Waals surface area contributed by atoms with Crippen LogP contribution in [0.1, 0.15) is 37.9 Å². The van der Waals surface area contributed by atoms with Gasteiger partial charge in [0.05, 0.1) is 0 Å². The van der Waals surface area contributed by atoms with Gasteiger partial charge in [-0.2, -0.15) is 0 Å². The number of halogens is 2. The standard InChI is InChI=1S/C20H28N2.2ClH/c1-15-9-10-18(17-8-6-5-7-16(15)17)19(20(2,3)4)22-13-11-21-12-14-22;;/h5-10,19,21H,11-14H2,1-4H3;2*1H/t19-;;/m0../s1. The van der Waals surface area contributed by atoms with Crippen molar-refractivity contribution in [2.24, 2.45) is 5.41 Å². The first kappa shape index (κ1) is 21.2. The lowest BCUT2D eigenvalue weighted by Gasteiger charge is -2.43. The molecule has 2 nitrogen and oxygen atoms in total. The zero-order valence-corrected chi connectivity index (χ0v) is 16.8. The summed E-state index contributed by atoms with van der Waals surface area (Å²) in [6, 6.07) is 14.0. The smallest absolute Gasteiger partial charge is 0.0403 e. The van der Waals surface area contributed by atoms with Crippen LogP contribution in [0.2, 0.25) is 0 Å². The Hall–Kier alpha value is -0.800. The number of piperazine rings is 1. The van der Waals surface area contributed by atoms with Gasteiger partial charge in [0, 0.05) is 32.2 Å². The molecule has 0 spiro atoms. The number of nitrogens with zero attached hydrogens (tertiary/aromatic N) is 1. The summed E-state index contributed by atoms with van der Waals surface area (Å²) in [5.41, 5.74) is 3.07. The summed E-state index contributed by atoms with van der Waals surface area (Å²) >= 11 is 0. The summed E-state index contributed by atoms with van der Waals surface area (Å²) < 4.78 is 0. The van der Waals surface area contributed by atoms with Crippen LogP contribution in [-0.2, 0) is 0 Å². The topological polar surface area (TPSA) is 15.3 Å². The van der Waals surface area contributed by atoms with E-state index in [-0.39, 0.29) is 30.2 Å². The van der Waals surface area contributed by atoms with Gasteiger partial charge in [0.25, 0.3) is 0 Å². The van der Waals surface area contributed by atoms with Gasteiger partial charge < -0.3 is 5.32 Å². The van der Waals surface area contributed by atoms with Gasteiger partial charge in [0.1, 0.15) is 0 Å². The molecule has 1 fully saturated rings. The van der Waals surface area contributed by atoms with Crippen molar-refractivity contribution in [3.63, 3.8) is 0 Å². The molecule has 0 amide bonds. The van der Waals surface area contributed by atoms with Crippen molar-refractivity contribution >= 4 is 35.6 Å². The van der Waals surface area contributed by atoms with Crippen LogP contribution in [0.3, 0.4) is 0 Å². The molecule has 3 rings (SSSR count). The molecule has 0 bridgehead atoms. The highest BCUT2D eigenvalue weighted by Gasteiger charge is 2.33. The Kier molecular flexibility index (Phi) is 7.55. The molecule has 4 heteroatoms. The lowest BCUT2D eigenvalue weighted by Crippen LogP contribution is -2.48. The lowest BCUT2D eigenvalue weighted by atomic mass is 9.79. The second-order valence-corrected chi connectivity index (χ2v) is 7.57. The number of benzene rings is 2. The van der Waals surface area contributed by atoms with Crippen molar-refractivity contribution in [2.75, 3.05) is 26.2 Å². The SMILES string of the molecule is Cc1ccc([C@H](N2CCNCC2)C(C)(C)C)c2ccccc12.Cl.Cl. The van der Waals surface area contributed by atoms with Crippen LogP contribution in [0.15, 0.2) is 36.4 Å². The van der Waals surface area contributed by atoms with Gasteiger partial charge in [-0.15, -0.1) is 24.8 Å². The third-order valence-electron chi connectivity index (χ3n) is 4.81. The van der Waals surface area contributed by atoms with Gasteiger partial charge in [-0.05, 0) is 34.2 Å². The molecule has 1 aliphatic rings. The van der Waals surface area contributed by atoms with Crippen molar-refractivity contribution in [2.45, 2.75) is 33.7 Å². The summed E-state index contributed by atoms with van der Waals surface area (Å²) in [5.74, 6) is 0. The molecule has 2 aromatic rings. The zero-order chi connectivity index (χ0) is 15.7. The number of nitrogens with one attached hydrogen (secondary N) is 1. The minimum absolute atomic E-state index is 0. The van der Waals surface area contributed by atoms with Crippen molar-refractivity contribution in [3.05, 3.63) is 47.5 Å². The Balaban J connectivity index is 0.00000144. The fourth-order valence-electron chi connectivity index (χ4n) is 3.86. The molecular weight excluding hydrogens is 339 g/mol. The first-order valence-electron chi connectivity index (χ1n) is 8.41. The average molecular weight is 369 g/mol.